The van der Waals surface area contributed by atoms with Gasteiger partial charge < -0.3 is 30.6 Å². The number of hydrogen-bond acceptors (Lipinski definition) is 6. The van der Waals surface area contributed by atoms with E-state index in [0.717, 1.165) is 0 Å². The first kappa shape index (κ1) is 25.3. The van der Waals surface area contributed by atoms with E-state index in [-0.39, 0.29) is 37.3 Å². The van der Waals surface area contributed by atoms with Crippen LogP contribution in [0, 0.1) is 22.7 Å². The Balaban J connectivity index is -0.000000247. The van der Waals surface area contributed by atoms with Gasteiger partial charge in [0.2, 0.25) is 0 Å². The Bertz CT molecular complexity index is 330. The molecule has 0 heterocycles. The van der Waals surface area contributed by atoms with E-state index in [1.165, 1.54) is 11.8 Å². The van der Waals surface area contributed by atoms with Gasteiger partial charge in [-0.25, -0.2) is 9.59 Å². The average molecular weight is 322 g/mol. The van der Waals surface area contributed by atoms with Crippen LogP contribution < -0.4 is 0 Å². The molecule has 8 heteroatoms. The summed E-state index contributed by atoms with van der Waals surface area (Å²) in [6.07, 6.45) is 0. The maximum Gasteiger partial charge on any atom is 0.382 e. The van der Waals surface area contributed by atoms with E-state index >= 15 is 0 Å². The van der Waals surface area contributed by atoms with Gasteiger partial charge in [-0.1, -0.05) is 27.7 Å². The number of aliphatic carboxylic acids is 2. The fraction of sp³-hybridized carbons (Fsp3) is 0.714. The Morgan fingerprint density at radius 3 is 0.909 bits per heavy atom. The summed E-state index contributed by atoms with van der Waals surface area (Å²) in [5.74, 6) is -0.0511. The van der Waals surface area contributed by atoms with E-state index in [4.69, 9.17) is 30.6 Å². The van der Waals surface area contributed by atoms with Crippen LogP contribution in [-0.2, 0) is 9.59 Å². The van der Waals surface area contributed by atoms with Crippen molar-refractivity contribution in [1.29, 1.82) is 0 Å². The van der Waals surface area contributed by atoms with Crippen molar-refractivity contribution in [2.24, 2.45) is 10.8 Å². The van der Waals surface area contributed by atoms with E-state index in [2.05, 4.69) is 0 Å². The van der Waals surface area contributed by atoms with E-state index in [9.17, 15) is 9.59 Å². The zero-order valence-electron chi connectivity index (χ0n) is 13.3. The molecule has 0 amide bonds. The summed E-state index contributed by atoms with van der Waals surface area (Å²) in [6, 6.07) is 0. The first-order valence-corrected chi connectivity index (χ1v) is 6.28. The van der Waals surface area contributed by atoms with Crippen LogP contribution in [0.4, 0.5) is 0 Å². The summed E-state index contributed by atoms with van der Waals surface area (Å²) in [5, 5.41) is 49.2. The highest BCUT2D eigenvalue weighted by Gasteiger charge is 2.13. The third kappa shape index (κ3) is 23.4. The summed E-state index contributed by atoms with van der Waals surface area (Å²) in [4.78, 5) is 18.9. The van der Waals surface area contributed by atoms with Gasteiger partial charge in [-0.15, -0.1) is 0 Å². The monoisotopic (exact) mass is 322 g/mol. The minimum Gasteiger partial charge on any atom is -0.472 e. The molecule has 0 bridgehead atoms. The van der Waals surface area contributed by atoms with Gasteiger partial charge in [0.05, 0.1) is 26.4 Å². The van der Waals surface area contributed by atoms with Crippen LogP contribution in [0.15, 0.2) is 0 Å². The molecule has 130 valence electrons. The second-order valence-corrected chi connectivity index (χ2v) is 5.82. The summed E-state index contributed by atoms with van der Waals surface area (Å²) in [5.41, 5.74) is -0.611. The number of hydrogen-bond donors (Lipinski definition) is 6. The van der Waals surface area contributed by atoms with Gasteiger partial charge in [0.1, 0.15) is 0 Å². The fourth-order valence-corrected chi connectivity index (χ4v) is 0.207. The first-order valence-electron chi connectivity index (χ1n) is 6.28. The Hall–Kier alpha value is -1.66. The smallest absolute Gasteiger partial charge is 0.382 e. The molecule has 0 aromatic heterocycles. The molecule has 0 aliphatic carbocycles. The molecule has 6 N–H and O–H groups in total. The second-order valence-electron chi connectivity index (χ2n) is 5.82. The number of aliphatic hydroxyl groups is 4. The number of carbonyl (C=O) groups is 2. The van der Waals surface area contributed by atoms with Crippen molar-refractivity contribution in [1.82, 2.24) is 0 Å². The molecular formula is C14H26O8. The first-order chi connectivity index (χ1) is 9.87. The largest absolute Gasteiger partial charge is 0.472 e. The Morgan fingerprint density at radius 2 is 0.864 bits per heavy atom. The average Bonchev–Trinajstić information content (AvgIpc) is 2.46. The van der Waals surface area contributed by atoms with Gasteiger partial charge in [0.25, 0.3) is 0 Å². The molecule has 0 aliphatic heterocycles. The lowest BCUT2D eigenvalue weighted by Gasteiger charge is -2.16. The lowest BCUT2D eigenvalue weighted by Crippen LogP contribution is -2.20. The Labute approximate surface area is 130 Å². The quantitative estimate of drug-likeness (QED) is 0.366. The van der Waals surface area contributed by atoms with Crippen LogP contribution in [0.1, 0.15) is 27.7 Å². The van der Waals surface area contributed by atoms with Crippen LogP contribution in [0.2, 0.25) is 0 Å². The lowest BCUT2D eigenvalue weighted by molar-refractivity contribution is -0.132. The number of rotatable bonds is 4. The molecule has 0 radical (unpaired) electrons. The van der Waals surface area contributed by atoms with Gasteiger partial charge in [-0.3, -0.25) is 0 Å². The predicted octanol–water partition coefficient (Wildman–Crippen LogP) is -0.847. The molecule has 0 unspecified atom stereocenters. The van der Waals surface area contributed by atoms with E-state index in [1.807, 2.05) is 0 Å². The summed E-state index contributed by atoms with van der Waals surface area (Å²) in [6.45, 7) is 7.38. The van der Waals surface area contributed by atoms with E-state index in [0.29, 0.717) is 0 Å². The topological polar surface area (TPSA) is 156 Å². The van der Waals surface area contributed by atoms with Crippen LogP contribution in [0.3, 0.4) is 0 Å². The highest BCUT2D eigenvalue weighted by Crippen LogP contribution is 2.10. The highest BCUT2D eigenvalue weighted by molar-refractivity contribution is 5.96. The van der Waals surface area contributed by atoms with Crippen LogP contribution in [0.5, 0.6) is 0 Å². The minimum absolute atomic E-state index is 0.0451. The molecule has 0 aromatic rings. The van der Waals surface area contributed by atoms with Crippen molar-refractivity contribution < 1.29 is 40.2 Å². The van der Waals surface area contributed by atoms with Gasteiger partial charge in [0, 0.05) is 22.7 Å². The van der Waals surface area contributed by atoms with Crippen molar-refractivity contribution in [2.75, 3.05) is 26.4 Å². The molecule has 22 heavy (non-hydrogen) atoms. The van der Waals surface area contributed by atoms with Crippen LogP contribution in [0.25, 0.3) is 0 Å². The van der Waals surface area contributed by atoms with Crippen molar-refractivity contribution in [3.05, 3.63) is 0 Å². The Kier molecular flexibility index (Phi) is 15.0. The maximum atomic E-state index is 9.47. The van der Waals surface area contributed by atoms with Crippen LogP contribution >= 0.6 is 0 Å². The lowest BCUT2D eigenvalue weighted by atomic mass is 9.97. The standard InChI is InChI=1S/2C5H12O2.C4H2O4/c2*1-5(2,3-6)4-7;5-3(6)1-2-4(7)8/h2*6-7H,3-4H2,1-2H3;(H,5,6)(H,7,8). The second kappa shape index (κ2) is 13.0. The molecule has 0 atom stereocenters. The van der Waals surface area contributed by atoms with E-state index < -0.39 is 11.9 Å². The number of aliphatic hydroxyl groups excluding tert-OH is 4. The van der Waals surface area contributed by atoms with Gasteiger partial charge in [0.15, 0.2) is 0 Å². The minimum atomic E-state index is -1.44. The summed E-state index contributed by atoms with van der Waals surface area (Å²) < 4.78 is 0. The van der Waals surface area contributed by atoms with Crippen molar-refractivity contribution in [2.45, 2.75) is 27.7 Å². The van der Waals surface area contributed by atoms with Gasteiger partial charge in [-0.2, -0.15) is 0 Å². The molecule has 0 aromatic carbocycles. The summed E-state index contributed by atoms with van der Waals surface area (Å²) in [7, 11) is 0. The fourth-order valence-electron chi connectivity index (χ4n) is 0.207. The molecular weight excluding hydrogens is 296 g/mol. The predicted molar refractivity (Wildman–Crippen MR) is 79.0 cm³/mol. The molecule has 0 aliphatic rings. The normalized spacial score (nSPS) is 10.0. The zero-order chi connectivity index (χ0) is 18.4. The maximum absolute atomic E-state index is 9.47. The zero-order valence-corrected chi connectivity index (χ0v) is 13.3. The Morgan fingerprint density at radius 1 is 0.682 bits per heavy atom. The third-order valence-corrected chi connectivity index (χ3v) is 1.99. The van der Waals surface area contributed by atoms with Crippen LogP contribution in [-0.4, -0.2) is 69.0 Å². The van der Waals surface area contributed by atoms with Crippen molar-refractivity contribution in [3.8, 4) is 11.8 Å². The number of carboxylic acid groups (broad SMARTS) is 2. The van der Waals surface area contributed by atoms with Gasteiger partial charge in [-0.05, 0) is 0 Å². The van der Waals surface area contributed by atoms with Crippen molar-refractivity contribution in [3.63, 3.8) is 0 Å². The highest BCUT2D eigenvalue weighted by atomic mass is 16.4. The van der Waals surface area contributed by atoms with Gasteiger partial charge >= 0.3 is 11.9 Å². The van der Waals surface area contributed by atoms with E-state index in [1.54, 1.807) is 27.7 Å². The SMILES string of the molecule is CC(C)(CO)CO.CC(C)(CO)CO.O=C(O)C#CC(=O)O. The van der Waals surface area contributed by atoms with Crippen molar-refractivity contribution >= 4 is 11.9 Å². The molecule has 0 saturated heterocycles. The molecule has 0 fully saturated rings. The molecule has 0 spiro atoms. The molecule has 0 rings (SSSR count). The number of carboxylic acids is 2. The molecule has 8 nitrogen and oxygen atoms in total. The summed E-state index contributed by atoms with van der Waals surface area (Å²) >= 11 is 0. The molecule has 0 saturated carbocycles. The third-order valence-electron chi connectivity index (χ3n) is 1.99.